The van der Waals surface area contributed by atoms with Gasteiger partial charge >= 0.3 is 6.09 Å². The molecule has 1 unspecified atom stereocenters. The average Bonchev–Trinajstić information content (AvgIpc) is 2.00. The highest BCUT2D eigenvalue weighted by atomic mass is 32.2. The first kappa shape index (κ1) is 11.6. The van der Waals surface area contributed by atoms with Crippen LogP contribution in [0.25, 0.3) is 0 Å². The van der Waals surface area contributed by atoms with Gasteiger partial charge < -0.3 is 15.2 Å². The van der Waals surface area contributed by atoms with Crippen LogP contribution in [0.1, 0.15) is 6.92 Å². The van der Waals surface area contributed by atoms with Gasteiger partial charge in [-0.25, -0.2) is 4.79 Å². The predicted molar refractivity (Wildman–Crippen MR) is 49.4 cm³/mol. The number of ether oxygens (including phenoxy) is 1. The van der Waals surface area contributed by atoms with Crippen molar-refractivity contribution in [2.75, 3.05) is 25.7 Å². The maximum atomic E-state index is 10.6. The number of carbonyl (C=O) groups is 1. The molecule has 0 aliphatic heterocycles. The molecule has 0 aromatic heterocycles. The molecule has 2 N–H and O–H groups in total. The van der Waals surface area contributed by atoms with Crippen LogP contribution in [0.3, 0.4) is 0 Å². The fourth-order valence-corrected chi connectivity index (χ4v) is 1.42. The lowest BCUT2D eigenvalue weighted by molar-refractivity contribution is 0.0813. The maximum Gasteiger partial charge on any atom is 0.406 e. The maximum absolute atomic E-state index is 10.6. The van der Waals surface area contributed by atoms with E-state index in [4.69, 9.17) is 0 Å². The second kappa shape index (κ2) is 5.27. The molecule has 5 heteroatoms. The minimum absolute atomic E-state index is 0.209. The molecule has 0 saturated heterocycles. The molecule has 0 fully saturated rings. The Bertz CT molecular complexity index is 150. The van der Waals surface area contributed by atoms with Crippen molar-refractivity contribution in [2.24, 2.45) is 0 Å². The largest absolute Gasteiger partial charge is 0.453 e. The van der Waals surface area contributed by atoms with Crippen LogP contribution in [-0.4, -0.2) is 42.5 Å². The number of thioether (sulfide) groups is 1. The molecule has 0 saturated carbocycles. The molecule has 0 bridgehead atoms. The summed E-state index contributed by atoms with van der Waals surface area (Å²) in [5.74, 6) is 0.580. The van der Waals surface area contributed by atoms with Gasteiger partial charge in [0.25, 0.3) is 0 Å². The van der Waals surface area contributed by atoms with Gasteiger partial charge in [0.2, 0.25) is 0 Å². The van der Waals surface area contributed by atoms with Gasteiger partial charge in [-0.15, -0.1) is 0 Å². The van der Waals surface area contributed by atoms with E-state index in [1.54, 1.807) is 6.92 Å². The quantitative estimate of drug-likeness (QED) is 0.681. The Morgan fingerprint density at radius 2 is 2.33 bits per heavy atom. The molecular formula is C7H15NO3S. The molecule has 72 valence electrons. The van der Waals surface area contributed by atoms with Gasteiger partial charge in [-0.05, 0) is 13.2 Å². The van der Waals surface area contributed by atoms with Gasteiger partial charge in [-0.3, -0.25) is 0 Å². The summed E-state index contributed by atoms with van der Waals surface area (Å²) in [6, 6.07) is 0. The first-order valence-electron chi connectivity index (χ1n) is 3.55. The lowest BCUT2D eigenvalue weighted by atomic mass is 10.1. The predicted octanol–water partition coefficient (Wildman–Crippen LogP) is 0.456. The number of hydrogen-bond donors (Lipinski definition) is 2. The van der Waals surface area contributed by atoms with Crippen LogP contribution in [0, 0.1) is 0 Å². The third-order valence-corrected chi connectivity index (χ3v) is 2.16. The van der Waals surface area contributed by atoms with Crippen LogP contribution in [0.4, 0.5) is 4.79 Å². The van der Waals surface area contributed by atoms with Crippen LogP contribution in [0.2, 0.25) is 0 Å². The fourth-order valence-electron chi connectivity index (χ4n) is 0.697. The number of hydrogen-bond acceptors (Lipinski definition) is 4. The molecule has 4 nitrogen and oxygen atoms in total. The van der Waals surface area contributed by atoms with Crippen molar-refractivity contribution in [3.8, 4) is 0 Å². The first-order valence-corrected chi connectivity index (χ1v) is 4.94. The second-order valence-electron chi connectivity index (χ2n) is 2.78. The van der Waals surface area contributed by atoms with Crippen molar-refractivity contribution < 1.29 is 14.6 Å². The topological polar surface area (TPSA) is 58.6 Å². The van der Waals surface area contributed by atoms with Gasteiger partial charge in [-0.2, -0.15) is 11.8 Å². The Morgan fingerprint density at radius 3 is 2.75 bits per heavy atom. The lowest BCUT2D eigenvalue weighted by Gasteiger charge is -2.21. The summed E-state index contributed by atoms with van der Waals surface area (Å²) in [6.07, 6.45) is 1.38. The SMILES string of the molecule is COC(=O)NCC(C)(O)CSC. The summed E-state index contributed by atoms with van der Waals surface area (Å²) in [4.78, 5) is 10.6. The number of alkyl carbamates (subject to hydrolysis) is 1. The molecule has 0 aromatic carbocycles. The Hall–Kier alpha value is -0.420. The first-order chi connectivity index (χ1) is 5.52. The van der Waals surface area contributed by atoms with Gasteiger partial charge in [0.1, 0.15) is 0 Å². The van der Waals surface area contributed by atoms with Crippen LogP contribution < -0.4 is 5.32 Å². The monoisotopic (exact) mass is 193 g/mol. The highest BCUT2D eigenvalue weighted by Gasteiger charge is 2.20. The zero-order chi connectivity index (χ0) is 9.61. The van der Waals surface area contributed by atoms with Gasteiger partial charge in [0, 0.05) is 5.75 Å². The van der Waals surface area contributed by atoms with Crippen LogP contribution >= 0.6 is 11.8 Å². The van der Waals surface area contributed by atoms with E-state index in [0.717, 1.165) is 0 Å². The van der Waals surface area contributed by atoms with E-state index in [-0.39, 0.29) is 6.54 Å². The Balaban J connectivity index is 3.67. The molecule has 0 spiro atoms. The third-order valence-electron chi connectivity index (χ3n) is 1.25. The molecule has 12 heavy (non-hydrogen) atoms. The minimum Gasteiger partial charge on any atom is -0.453 e. The molecule has 0 aromatic rings. The van der Waals surface area contributed by atoms with Crippen molar-refractivity contribution in [3.63, 3.8) is 0 Å². The summed E-state index contributed by atoms with van der Waals surface area (Å²) < 4.78 is 4.36. The Morgan fingerprint density at radius 1 is 1.75 bits per heavy atom. The Labute approximate surface area is 76.7 Å². The van der Waals surface area contributed by atoms with E-state index in [1.807, 2.05) is 6.26 Å². The van der Waals surface area contributed by atoms with E-state index in [1.165, 1.54) is 18.9 Å². The molecule has 1 amide bonds. The van der Waals surface area contributed by atoms with Gasteiger partial charge in [0.15, 0.2) is 0 Å². The number of amides is 1. The molecule has 0 rings (SSSR count). The summed E-state index contributed by atoms with van der Waals surface area (Å²) in [5, 5.41) is 12.0. The van der Waals surface area contributed by atoms with Gasteiger partial charge in [-0.1, -0.05) is 0 Å². The smallest absolute Gasteiger partial charge is 0.406 e. The summed E-state index contributed by atoms with van der Waals surface area (Å²) >= 11 is 1.53. The standard InChI is InChI=1S/C7H15NO3S/c1-7(10,5-12-3)4-8-6(9)11-2/h10H,4-5H2,1-3H3,(H,8,9). The summed E-state index contributed by atoms with van der Waals surface area (Å²) in [6.45, 7) is 1.87. The van der Waals surface area contributed by atoms with E-state index in [9.17, 15) is 9.90 Å². The highest BCUT2D eigenvalue weighted by Crippen LogP contribution is 2.08. The van der Waals surface area contributed by atoms with E-state index in [0.29, 0.717) is 5.75 Å². The van der Waals surface area contributed by atoms with E-state index in [2.05, 4.69) is 10.1 Å². The summed E-state index contributed by atoms with van der Waals surface area (Å²) in [5.41, 5.74) is -0.867. The molecule has 0 aliphatic rings. The van der Waals surface area contributed by atoms with Crippen LogP contribution in [0.15, 0.2) is 0 Å². The Kier molecular flexibility index (Phi) is 5.08. The number of methoxy groups -OCH3 is 1. The molecule has 0 aliphatic carbocycles. The number of carbonyl (C=O) groups excluding carboxylic acids is 1. The van der Waals surface area contributed by atoms with Crippen molar-refractivity contribution in [1.29, 1.82) is 0 Å². The molecule has 1 atom stereocenters. The van der Waals surface area contributed by atoms with Crippen molar-refractivity contribution in [1.82, 2.24) is 5.32 Å². The summed E-state index contributed by atoms with van der Waals surface area (Å²) in [7, 11) is 1.29. The minimum atomic E-state index is -0.867. The van der Waals surface area contributed by atoms with Crippen molar-refractivity contribution in [2.45, 2.75) is 12.5 Å². The van der Waals surface area contributed by atoms with Gasteiger partial charge in [0.05, 0.1) is 19.3 Å². The normalized spacial score (nSPS) is 15.0. The molecule has 0 radical (unpaired) electrons. The zero-order valence-corrected chi connectivity index (χ0v) is 8.40. The lowest BCUT2D eigenvalue weighted by Crippen LogP contribution is -2.42. The highest BCUT2D eigenvalue weighted by molar-refractivity contribution is 7.98. The van der Waals surface area contributed by atoms with Crippen LogP contribution in [-0.2, 0) is 4.74 Å². The number of nitrogens with one attached hydrogen (secondary N) is 1. The van der Waals surface area contributed by atoms with E-state index >= 15 is 0 Å². The number of aliphatic hydroxyl groups is 1. The molecule has 0 heterocycles. The van der Waals surface area contributed by atoms with Crippen molar-refractivity contribution >= 4 is 17.9 Å². The number of rotatable bonds is 4. The van der Waals surface area contributed by atoms with Crippen LogP contribution in [0.5, 0.6) is 0 Å². The third kappa shape index (κ3) is 5.26. The van der Waals surface area contributed by atoms with E-state index < -0.39 is 11.7 Å². The van der Waals surface area contributed by atoms with Crippen molar-refractivity contribution in [3.05, 3.63) is 0 Å². The average molecular weight is 193 g/mol. The zero-order valence-electron chi connectivity index (χ0n) is 7.59. The fraction of sp³-hybridized carbons (Fsp3) is 0.857. The second-order valence-corrected chi connectivity index (χ2v) is 3.64. The molecular weight excluding hydrogens is 178 g/mol.